The smallest absolute Gasteiger partial charge is 0.322 e. The predicted octanol–water partition coefficient (Wildman–Crippen LogP) is 7.19. The molecule has 40 heavy (non-hydrogen) atoms. The highest BCUT2D eigenvalue weighted by molar-refractivity contribution is 6.31. The Kier molecular flexibility index (Phi) is 10.5. The third-order valence-corrected chi connectivity index (χ3v) is 8.30. The maximum atomic E-state index is 14.1. The molecule has 1 fully saturated rings. The van der Waals surface area contributed by atoms with Gasteiger partial charge in [0.1, 0.15) is 12.3 Å². The van der Waals surface area contributed by atoms with Crippen LogP contribution in [0, 0.1) is 0 Å². The predicted molar refractivity (Wildman–Crippen MR) is 161 cm³/mol. The molecule has 0 bridgehead atoms. The molecule has 1 N–H and O–H groups in total. The van der Waals surface area contributed by atoms with E-state index in [0.717, 1.165) is 48.4 Å². The van der Waals surface area contributed by atoms with Crippen molar-refractivity contribution < 1.29 is 14.3 Å². The number of carbonyl (C=O) groups excluding carboxylic acids is 2. The number of rotatable bonds is 11. The van der Waals surface area contributed by atoms with Gasteiger partial charge in [-0.3, -0.25) is 4.79 Å². The first-order valence-corrected chi connectivity index (χ1v) is 14.7. The first-order chi connectivity index (χ1) is 19.4. The van der Waals surface area contributed by atoms with E-state index < -0.39 is 0 Å². The highest BCUT2D eigenvalue weighted by Crippen LogP contribution is 2.27. The second kappa shape index (κ2) is 14.3. The molecule has 8 heteroatoms. The van der Waals surface area contributed by atoms with E-state index in [1.807, 2.05) is 67.4 Å². The number of urea groups is 1. The molecule has 1 aromatic heterocycles. The van der Waals surface area contributed by atoms with Crippen molar-refractivity contribution in [3.63, 3.8) is 0 Å². The van der Waals surface area contributed by atoms with Crippen LogP contribution in [0.3, 0.4) is 0 Å². The van der Waals surface area contributed by atoms with Crippen molar-refractivity contribution in [2.24, 2.45) is 0 Å². The van der Waals surface area contributed by atoms with E-state index in [9.17, 15) is 9.59 Å². The molecule has 4 rings (SSSR count). The summed E-state index contributed by atoms with van der Waals surface area (Å²) in [6.45, 7) is 5.14. The van der Waals surface area contributed by atoms with Crippen LogP contribution in [0.4, 0.5) is 10.5 Å². The van der Waals surface area contributed by atoms with Crippen molar-refractivity contribution in [1.29, 1.82) is 0 Å². The fourth-order valence-electron chi connectivity index (χ4n) is 5.37. The van der Waals surface area contributed by atoms with Gasteiger partial charge in [-0.15, -0.1) is 0 Å². The topological polar surface area (TPSA) is 66.8 Å². The number of hydrogen-bond donors (Lipinski definition) is 1. The molecule has 0 spiro atoms. The minimum Gasteiger partial charge on any atom is -0.495 e. The largest absolute Gasteiger partial charge is 0.495 e. The lowest BCUT2D eigenvalue weighted by Gasteiger charge is -2.37. The number of nitrogens with one attached hydrogen (secondary N) is 1. The quantitative estimate of drug-likeness (QED) is 0.268. The lowest BCUT2D eigenvalue weighted by Crippen LogP contribution is -2.50. The van der Waals surface area contributed by atoms with Gasteiger partial charge in [-0.2, -0.15) is 0 Å². The molecule has 1 unspecified atom stereocenters. The Labute approximate surface area is 243 Å². The number of halogens is 1. The van der Waals surface area contributed by atoms with Crippen LogP contribution in [0.25, 0.3) is 0 Å². The van der Waals surface area contributed by atoms with Crippen LogP contribution in [-0.4, -0.2) is 52.0 Å². The van der Waals surface area contributed by atoms with Crippen LogP contribution in [0.1, 0.15) is 63.6 Å². The van der Waals surface area contributed by atoms with Crippen LogP contribution in [-0.2, 0) is 17.9 Å². The molecule has 3 aromatic rings. The number of aromatic nitrogens is 1. The molecular formula is C32H41ClN4O3. The van der Waals surface area contributed by atoms with Gasteiger partial charge >= 0.3 is 6.03 Å². The third-order valence-electron chi connectivity index (χ3n) is 7.93. The molecule has 1 atom stereocenters. The van der Waals surface area contributed by atoms with Crippen LogP contribution in [0.2, 0.25) is 5.02 Å². The molecule has 0 saturated heterocycles. The number of hydrogen-bond acceptors (Lipinski definition) is 3. The first kappa shape index (κ1) is 29.5. The van der Waals surface area contributed by atoms with Crippen LogP contribution in [0.15, 0.2) is 66.9 Å². The van der Waals surface area contributed by atoms with Crippen molar-refractivity contribution in [2.45, 2.75) is 77.5 Å². The van der Waals surface area contributed by atoms with E-state index in [2.05, 4.69) is 16.0 Å². The zero-order valence-corrected chi connectivity index (χ0v) is 24.6. The van der Waals surface area contributed by atoms with Gasteiger partial charge in [0.05, 0.1) is 19.3 Å². The van der Waals surface area contributed by atoms with Crippen LogP contribution < -0.4 is 10.1 Å². The lowest BCUT2D eigenvalue weighted by atomic mass is 9.94. The van der Waals surface area contributed by atoms with E-state index in [4.69, 9.17) is 16.3 Å². The molecule has 1 heterocycles. The molecule has 0 radical (unpaired) electrons. The summed E-state index contributed by atoms with van der Waals surface area (Å²) >= 11 is 6.45. The number of ether oxygens (including phenoxy) is 1. The number of nitrogens with zero attached hydrogens (tertiary/aromatic N) is 3. The van der Waals surface area contributed by atoms with E-state index in [1.54, 1.807) is 24.1 Å². The summed E-state index contributed by atoms with van der Waals surface area (Å²) in [5.41, 5.74) is 2.66. The highest BCUT2D eigenvalue weighted by atomic mass is 35.5. The SMILES string of the molecule is CCC(C)N(CC(=O)N(Cc1cccn1Cc1ccccc1Cl)C1CCCCC1)C(=O)Nc1ccccc1OC. The average molecular weight is 565 g/mol. The summed E-state index contributed by atoms with van der Waals surface area (Å²) < 4.78 is 7.57. The Morgan fingerprint density at radius 2 is 1.77 bits per heavy atom. The van der Waals surface area contributed by atoms with E-state index in [-0.39, 0.29) is 30.6 Å². The minimum absolute atomic E-state index is 0.0116. The van der Waals surface area contributed by atoms with E-state index in [0.29, 0.717) is 24.5 Å². The number of benzene rings is 2. The number of carbonyl (C=O) groups is 2. The molecule has 214 valence electrons. The Hall–Kier alpha value is -3.45. The summed E-state index contributed by atoms with van der Waals surface area (Å²) in [5, 5.41) is 3.69. The third kappa shape index (κ3) is 7.39. The van der Waals surface area contributed by atoms with Gasteiger partial charge in [-0.25, -0.2) is 4.79 Å². The van der Waals surface area contributed by atoms with Crippen molar-refractivity contribution in [1.82, 2.24) is 14.4 Å². The Morgan fingerprint density at radius 1 is 1.05 bits per heavy atom. The number of amides is 3. The number of methoxy groups -OCH3 is 1. The second-order valence-corrected chi connectivity index (χ2v) is 11.0. The summed E-state index contributed by atoms with van der Waals surface area (Å²) in [5.74, 6) is 0.544. The van der Waals surface area contributed by atoms with Gasteiger partial charge in [0, 0.05) is 35.5 Å². The van der Waals surface area contributed by atoms with E-state index in [1.165, 1.54) is 6.42 Å². The molecular weight excluding hydrogens is 524 g/mol. The Morgan fingerprint density at radius 3 is 2.50 bits per heavy atom. The summed E-state index contributed by atoms with van der Waals surface area (Å²) in [6.07, 6.45) is 8.14. The number of para-hydroxylation sites is 2. The summed E-state index contributed by atoms with van der Waals surface area (Å²) in [7, 11) is 1.57. The fraction of sp³-hybridized carbons (Fsp3) is 0.438. The van der Waals surface area contributed by atoms with Crippen LogP contribution in [0.5, 0.6) is 5.75 Å². The number of anilines is 1. The van der Waals surface area contributed by atoms with Gasteiger partial charge < -0.3 is 24.4 Å². The zero-order valence-electron chi connectivity index (χ0n) is 23.8. The van der Waals surface area contributed by atoms with Gasteiger partial charge in [0.25, 0.3) is 0 Å². The van der Waals surface area contributed by atoms with Gasteiger partial charge in [0.15, 0.2) is 0 Å². The average Bonchev–Trinajstić information content (AvgIpc) is 3.42. The molecule has 2 aromatic carbocycles. The summed E-state index contributed by atoms with van der Waals surface area (Å²) in [6, 6.07) is 19.0. The highest BCUT2D eigenvalue weighted by Gasteiger charge is 2.30. The molecule has 1 aliphatic carbocycles. The molecule has 1 aliphatic rings. The fourth-order valence-corrected chi connectivity index (χ4v) is 5.56. The summed E-state index contributed by atoms with van der Waals surface area (Å²) in [4.78, 5) is 31.2. The first-order valence-electron chi connectivity index (χ1n) is 14.3. The maximum absolute atomic E-state index is 14.1. The molecule has 3 amide bonds. The monoisotopic (exact) mass is 564 g/mol. The Balaban J connectivity index is 1.55. The Bertz CT molecular complexity index is 1270. The molecule has 0 aliphatic heterocycles. The molecule has 1 saturated carbocycles. The molecule has 7 nitrogen and oxygen atoms in total. The van der Waals surface area contributed by atoms with Gasteiger partial charge in [-0.05, 0) is 62.1 Å². The van der Waals surface area contributed by atoms with Crippen molar-refractivity contribution in [3.05, 3.63) is 83.1 Å². The van der Waals surface area contributed by atoms with Crippen molar-refractivity contribution >= 4 is 29.2 Å². The lowest BCUT2D eigenvalue weighted by molar-refractivity contribution is -0.136. The standard InChI is InChI=1S/C32H41ClN4O3/c1-4-24(2)36(32(39)34-29-18-10-11-19-30(29)40-3)23-31(38)37(26-14-6-5-7-15-26)22-27-16-12-20-35(27)21-25-13-8-9-17-28(25)33/h8-13,16-20,24,26H,4-7,14-15,21-23H2,1-3H3,(H,34,39). The van der Waals surface area contributed by atoms with Gasteiger partial charge in [-0.1, -0.05) is 68.1 Å². The minimum atomic E-state index is -0.308. The van der Waals surface area contributed by atoms with E-state index >= 15 is 0 Å². The normalized spacial score (nSPS) is 14.4. The van der Waals surface area contributed by atoms with Crippen molar-refractivity contribution in [2.75, 3.05) is 19.0 Å². The second-order valence-electron chi connectivity index (χ2n) is 10.5. The van der Waals surface area contributed by atoms with Gasteiger partial charge in [0.2, 0.25) is 5.91 Å². The van der Waals surface area contributed by atoms with Crippen molar-refractivity contribution in [3.8, 4) is 5.75 Å². The maximum Gasteiger partial charge on any atom is 0.322 e. The van der Waals surface area contributed by atoms with Crippen LogP contribution >= 0.6 is 11.6 Å². The zero-order chi connectivity index (χ0) is 28.5.